The van der Waals surface area contributed by atoms with E-state index >= 15 is 4.39 Å². The van der Waals surface area contributed by atoms with Gasteiger partial charge in [0.15, 0.2) is 0 Å². The van der Waals surface area contributed by atoms with Gasteiger partial charge in [0.1, 0.15) is 18.4 Å². The van der Waals surface area contributed by atoms with E-state index in [1.54, 1.807) is 12.1 Å². The van der Waals surface area contributed by atoms with Gasteiger partial charge in [0, 0.05) is 19.0 Å². The maximum atomic E-state index is 15.2. The Bertz CT molecular complexity index is 1650. The first kappa shape index (κ1) is 32.4. The number of aryl methyl sites for hydroxylation is 1. The van der Waals surface area contributed by atoms with E-state index in [0.29, 0.717) is 6.42 Å². The third-order valence-electron chi connectivity index (χ3n) is 7.48. The number of nitrogens with zero attached hydrogens (tertiary/aromatic N) is 2. The van der Waals surface area contributed by atoms with Crippen molar-refractivity contribution in [2.45, 2.75) is 57.1 Å². The quantitative estimate of drug-likeness (QED) is 0.203. The molecule has 0 spiro atoms. The van der Waals surface area contributed by atoms with Crippen molar-refractivity contribution in [3.63, 3.8) is 0 Å². The molecule has 0 aromatic heterocycles. The van der Waals surface area contributed by atoms with Gasteiger partial charge in [-0.05, 0) is 55.7 Å². The van der Waals surface area contributed by atoms with E-state index in [9.17, 15) is 18.0 Å². The van der Waals surface area contributed by atoms with Gasteiger partial charge in [-0.3, -0.25) is 13.9 Å². The van der Waals surface area contributed by atoms with Crippen LogP contribution in [0.1, 0.15) is 37.0 Å². The number of amides is 2. The van der Waals surface area contributed by atoms with Crippen molar-refractivity contribution < 1.29 is 22.4 Å². The Hall–Kier alpha value is -4.50. The second-order valence-corrected chi connectivity index (χ2v) is 12.7. The predicted octanol–water partition coefficient (Wildman–Crippen LogP) is 5.88. The molecule has 9 heteroatoms. The number of carbonyl (C=O) groups is 2. The maximum Gasteiger partial charge on any atom is 0.264 e. The zero-order chi connectivity index (χ0) is 31.7. The molecule has 2 amide bonds. The minimum Gasteiger partial charge on any atom is -0.352 e. The molecule has 230 valence electrons. The fourth-order valence-corrected chi connectivity index (χ4v) is 6.20. The first-order valence-electron chi connectivity index (χ1n) is 14.6. The highest BCUT2D eigenvalue weighted by atomic mass is 32.2. The lowest BCUT2D eigenvalue weighted by Gasteiger charge is -2.34. The smallest absolute Gasteiger partial charge is 0.264 e. The Morgan fingerprint density at radius 3 is 1.98 bits per heavy atom. The number of anilines is 1. The van der Waals surface area contributed by atoms with E-state index in [4.69, 9.17) is 0 Å². The summed E-state index contributed by atoms with van der Waals surface area (Å²) in [5.74, 6) is -1.79. The SMILES string of the molecule is CC[C@@H](C)NC(=O)[C@H](Cc1ccccc1)N(Cc1ccccc1)C(=O)CN(c1ccccc1F)S(=O)(=O)c1ccc(C)cc1. The van der Waals surface area contributed by atoms with E-state index in [-0.39, 0.29) is 35.5 Å². The fraction of sp³-hybridized carbons (Fsp3) is 0.257. The second kappa shape index (κ2) is 14.8. The molecule has 0 saturated carbocycles. The van der Waals surface area contributed by atoms with Crippen LogP contribution in [0.25, 0.3) is 0 Å². The number of nitrogens with one attached hydrogen (secondary N) is 1. The monoisotopic (exact) mass is 615 g/mol. The number of hydrogen-bond donors (Lipinski definition) is 1. The van der Waals surface area contributed by atoms with Crippen LogP contribution < -0.4 is 9.62 Å². The van der Waals surface area contributed by atoms with Crippen molar-refractivity contribution >= 4 is 27.5 Å². The number of para-hydroxylation sites is 1. The molecule has 0 heterocycles. The van der Waals surface area contributed by atoms with Crippen LogP contribution in [-0.2, 0) is 32.6 Å². The average Bonchev–Trinajstić information content (AvgIpc) is 3.03. The lowest BCUT2D eigenvalue weighted by Crippen LogP contribution is -2.54. The molecule has 0 fully saturated rings. The van der Waals surface area contributed by atoms with Crippen LogP contribution in [0.4, 0.5) is 10.1 Å². The zero-order valence-electron chi connectivity index (χ0n) is 25.2. The molecule has 0 aliphatic rings. The van der Waals surface area contributed by atoms with Crippen molar-refractivity contribution in [1.82, 2.24) is 10.2 Å². The highest BCUT2D eigenvalue weighted by Crippen LogP contribution is 2.27. The molecular weight excluding hydrogens is 577 g/mol. The number of sulfonamides is 1. The summed E-state index contributed by atoms with van der Waals surface area (Å²) in [6.45, 7) is 4.99. The minimum absolute atomic E-state index is 0.0425. The van der Waals surface area contributed by atoms with Crippen molar-refractivity contribution in [3.8, 4) is 0 Å². The first-order chi connectivity index (χ1) is 21.1. The summed E-state index contributed by atoms with van der Waals surface area (Å²) in [6.07, 6.45) is 0.887. The van der Waals surface area contributed by atoms with Crippen LogP contribution >= 0.6 is 0 Å². The van der Waals surface area contributed by atoms with Gasteiger partial charge in [-0.25, -0.2) is 12.8 Å². The fourth-order valence-electron chi connectivity index (χ4n) is 4.78. The Balaban J connectivity index is 1.80. The molecule has 0 radical (unpaired) electrons. The van der Waals surface area contributed by atoms with Gasteiger partial charge in [0.2, 0.25) is 11.8 Å². The average molecular weight is 616 g/mol. The highest BCUT2D eigenvalue weighted by molar-refractivity contribution is 7.92. The van der Waals surface area contributed by atoms with Crippen molar-refractivity contribution in [2.75, 3.05) is 10.8 Å². The molecule has 2 atom stereocenters. The van der Waals surface area contributed by atoms with Crippen LogP contribution in [-0.4, -0.2) is 43.8 Å². The summed E-state index contributed by atoms with van der Waals surface area (Å²) < 4.78 is 44.0. The molecule has 0 unspecified atom stereocenters. The number of halogens is 1. The molecule has 0 saturated heterocycles. The third-order valence-corrected chi connectivity index (χ3v) is 9.25. The number of rotatable bonds is 13. The van der Waals surface area contributed by atoms with E-state index < -0.39 is 34.3 Å². The van der Waals surface area contributed by atoms with Crippen molar-refractivity contribution in [3.05, 3.63) is 132 Å². The summed E-state index contributed by atoms with van der Waals surface area (Å²) in [7, 11) is -4.38. The molecule has 4 aromatic rings. The standard InChI is InChI=1S/C35H38FN3O4S/c1-4-27(3)37-35(41)33(23-28-13-7-5-8-14-28)38(24-29-15-9-6-10-16-29)34(40)25-39(32-18-12-11-17-31(32)36)44(42,43)30-21-19-26(2)20-22-30/h5-22,27,33H,4,23-25H2,1-3H3,(H,37,41)/t27-,33+/m1/s1. The van der Waals surface area contributed by atoms with E-state index in [2.05, 4.69) is 5.32 Å². The van der Waals surface area contributed by atoms with Crippen LogP contribution in [0.5, 0.6) is 0 Å². The van der Waals surface area contributed by atoms with Gasteiger partial charge >= 0.3 is 0 Å². The molecule has 0 aliphatic carbocycles. The Kier molecular flexibility index (Phi) is 10.9. The van der Waals surface area contributed by atoms with Gasteiger partial charge in [-0.15, -0.1) is 0 Å². The van der Waals surface area contributed by atoms with Crippen LogP contribution in [0.2, 0.25) is 0 Å². The lowest BCUT2D eigenvalue weighted by atomic mass is 10.0. The number of benzene rings is 4. The summed E-state index contributed by atoms with van der Waals surface area (Å²) in [5.41, 5.74) is 2.18. The van der Waals surface area contributed by atoms with E-state index in [1.807, 2.05) is 81.4 Å². The van der Waals surface area contributed by atoms with Crippen molar-refractivity contribution in [2.24, 2.45) is 0 Å². The molecular formula is C35H38FN3O4S. The summed E-state index contributed by atoms with van der Waals surface area (Å²) >= 11 is 0. The Morgan fingerprint density at radius 1 is 0.818 bits per heavy atom. The normalized spacial score (nSPS) is 12.6. The van der Waals surface area contributed by atoms with Gasteiger partial charge in [0.05, 0.1) is 10.6 Å². The lowest BCUT2D eigenvalue weighted by molar-refractivity contribution is -0.140. The number of hydrogen-bond acceptors (Lipinski definition) is 4. The van der Waals surface area contributed by atoms with Gasteiger partial charge in [-0.1, -0.05) is 97.4 Å². The predicted molar refractivity (Wildman–Crippen MR) is 171 cm³/mol. The summed E-state index contributed by atoms with van der Waals surface area (Å²) in [5, 5.41) is 3.00. The van der Waals surface area contributed by atoms with Crippen LogP contribution in [0.3, 0.4) is 0 Å². The molecule has 0 aliphatic heterocycles. The van der Waals surface area contributed by atoms with Crippen LogP contribution in [0, 0.1) is 12.7 Å². The minimum atomic E-state index is -4.38. The Morgan fingerprint density at radius 2 is 1.39 bits per heavy atom. The van der Waals surface area contributed by atoms with Gasteiger partial charge < -0.3 is 10.2 Å². The molecule has 0 bridgehead atoms. The maximum absolute atomic E-state index is 15.2. The largest absolute Gasteiger partial charge is 0.352 e. The second-order valence-electron chi connectivity index (χ2n) is 10.8. The van der Waals surface area contributed by atoms with E-state index in [0.717, 1.165) is 27.1 Å². The Labute approximate surface area is 259 Å². The molecule has 1 N–H and O–H groups in total. The molecule has 7 nitrogen and oxygen atoms in total. The van der Waals surface area contributed by atoms with Gasteiger partial charge in [0.25, 0.3) is 10.0 Å². The van der Waals surface area contributed by atoms with Crippen molar-refractivity contribution in [1.29, 1.82) is 0 Å². The molecule has 4 rings (SSSR count). The molecule has 4 aromatic carbocycles. The topological polar surface area (TPSA) is 86.8 Å². The zero-order valence-corrected chi connectivity index (χ0v) is 26.0. The van der Waals surface area contributed by atoms with E-state index in [1.165, 1.54) is 35.2 Å². The van der Waals surface area contributed by atoms with Gasteiger partial charge in [-0.2, -0.15) is 0 Å². The summed E-state index contributed by atoms with van der Waals surface area (Å²) in [6, 6.07) is 29.0. The third kappa shape index (κ3) is 8.11. The first-order valence-corrected chi connectivity index (χ1v) is 16.1. The molecule has 44 heavy (non-hydrogen) atoms. The van der Waals surface area contributed by atoms with Crippen LogP contribution in [0.15, 0.2) is 114 Å². The number of carbonyl (C=O) groups excluding carboxylic acids is 2. The summed E-state index contributed by atoms with van der Waals surface area (Å²) in [4.78, 5) is 29.5. The highest BCUT2D eigenvalue weighted by Gasteiger charge is 2.35.